The molecule has 134 valence electrons. The summed E-state index contributed by atoms with van der Waals surface area (Å²) in [6, 6.07) is 0. The van der Waals surface area contributed by atoms with Crippen molar-refractivity contribution in [2.75, 3.05) is 0 Å². The Morgan fingerprint density at radius 1 is 1.13 bits per heavy atom. The molecule has 0 saturated carbocycles. The van der Waals surface area contributed by atoms with Gasteiger partial charge >= 0.3 is 5.97 Å². The van der Waals surface area contributed by atoms with Gasteiger partial charge in [0.25, 0.3) is 0 Å². The minimum Gasteiger partial charge on any atom is -0.459 e. The maximum Gasteiger partial charge on any atom is 0.330 e. The Morgan fingerprint density at radius 2 is 1.87 bits per heavy atom. The molecule has 0 aliphatic carbocycles. The molecule has 0 spiro atoms. The molecule has 1 rings (SSSR count). The van der Waals surface area contributed by atoms with Gasteiger partial charge in [0.05, 0.1) is 18.3 Å². The van der Waals surface area contributed by atoms with E-state index in [4.69, 9.17) is 4.74 Å². The van der Waals surface area contributed by atoms with E-state index in [9.17, 15) is 20.1 Å². The van der Waals surface area contributed by atoms with Crippen LogP contribution in [-0.4, -0.2) is 45.7 Å². The molecule has 0 saturated heterocycles. The number of carbonyl (C=O) groups is 1. The Labute approximate surface area is 139 Å². The largest absolute Gasteiger partial charge is 0.459 e. The molecular weight excluding hydrogens is 296 g/mol. The van der Waals surface area contributed by atoms with E-state index in [0.29, 0.717) is 6.42 Å². The maximum absolute atomic E-state index is 11.9. The van der Waals surface area contributed by atoms with Crippen LogP contribution in [0.4, 0.5) is 0 Å². The molecule has 1 aliphatic heterocycles. The Kier molecular flexibility index (Phi) is 10.2. The summed E-state index contributed by atoms with van der Waals surface area (Å²) in [4.78, 5) is 11.9. The highest BCUT2D eigenvalue weighted by molar-refractivity contribution is 5.82. The van der Waals surface area contributed by atoms with E-state index in [1.807, 2.05) is 0 Å². The fourth-order valence-electron chi connectivity index (χ4n) is 2.86. The lowest BCUT2D eigenvalue weighted by molar-refractivity contribution is -0.143. The summed E-state index contributed by atoms with van der Waals surface area (Å²) in [5.74, 6) is -0.477. The highest BCUT2D eigenvalue weighted by atomic mass is 16.5. The van der Waals surface area contributed by atoms with E-state index in [2.05, 4.69) is 6.92 Å². The third-order valence-electron chi connectivity index (χ3n) is 4.31. The first kappa shape index (κ1) is 20.1. The molecule has 0 amide bonds. The van der Waals surface area contributed by atoms with Crippen molar-refractivity contribution in [1.82, 2.24) is 0 Å². The summed E-state index contributed by atoms with van der Waals surface area (Å²) in [5.41, 5.74) is 0. The number of aliphatic hydroxyl groups is 3. The number of carbonyl (C=O) groups excluding carboxylic acids is 1. The lowest BCUT2D eigenvalue weighted by atomic mass is 9.99. The Balaban J connectivity index is 2.63. The summed E-state index contributed by atoms with van der Waals surface area (Å²) < 4.78 is 5.48. The molecule has 0 fully saturated rings. The quantitative estimate of drug-likeness (QED) is 0.545. The van der Waals surface area contributed by atoms with Crippen LogP contribution in [0.25, 0.3) is 0 Å². The zero-order valence-electron chi connectivity index (χ0n) is 14.2. The van der Waals surface area contributed by atoms with Crippen molar-refractivity contribution in [2.45, 2.75) is 95.5 Å². The molecule has 23 heavy (non-hydrogen) atoms. The summed E-state index contributed by atoms with van der Waals surface area (Å²) in [6.07, 6.45) is 8.00. The zero-order valence-corrected chi connectivity index (χ0v) is 14.2. The maximum atomic E-state index is 11.9. The van der Waals surface area contributed by atoms with Crippen molar-refractivity contribution in [3.63, 3.8) is 0 Å². The summed E-state index contributed by atoms with van der Waals surface area (Å²) in [7, 11) is 0. The number of rotatable bonds is 4. The number of unbranched alkanes of at least 4 members (excludes halogenated alkanes) is 2. The standard InChI is InChI=1S/C18H32O5/c1-2-3-5-9-15-10-7-4-6-8-14(19)13-17(21)16(20)11-12-18(22)23-15/h11-12,14-17,19-21H,2-10,13H2,1H3/b12-11+/t14-,15?,16-,17-/m0/s1. The summed E-state index contributed by atoms with van der Waals surface area (Å²) >= 11 is 0. The van der Waals surface area contributed by atoms with Crippen LogP contribution in [0.1, 0.15) is 71.1 Å². The van der Waals surface area contributed by atoms with Gasteiger partial charge in [-0.25, -0.2) is 4.79 Å². The average Bonchev–Trinajstić information content (AvgIpc) is 2.51. The van der Waals surface area contributed by atoms with Crippen LogP contribution in [0.5, 0.6) is 0 Å². The molecule has 0 aromatic carbocycles. The molecule has 4 atom stereocenters. The lowest BCUT2D eigenvalue weighted by Crippen LogP contribution is -2.29. The monoisotopic (exact) mass is 328 g/mol. The van der Waals surface area contributed by atoms with Crippen molar-refractivity contribution in [2.24, 2.45) is 0 Å². The minimum absolute atomic E-state index is 0.0892. The highest BCUT2D eigenvalue weighted by Gasteiger charge is 2.19. The molecule has 1 aliphatic rings. The first-order valence-corrected chi connectivity index (χ1v) is 8.96. The average molecular weight is 328 g/mol. The van der Waals surface area contributed by atoms with Crippen LogP contribution in [0.3, 0.4) is 0 Å². The van der Waals surface area contributed by atoms with Crippen LogP contribution >= 0.6 is 0 Å². The van der Waals surface area contributed by atoms with E-state index in [1.165, 1.54) is 12.2 Å². The van der Waals surface area contributed by atoms with Gasteiger partial charge in [0.1, 0.15) is 6.10 Å². The Bertz CT molecular complexity index is 355. The van der Waals surface area contributed by atoms with Crippen molar-refractivity contribution in [3.8, 4) is 0 Å². The van der Waals surface area contributed by atoms with E-state index in [1.54, 1.807) is 0 Å². The predicted octanol–water partition coefficient (Wildman–Crippen LogP) is 2.47. The third-order valence-corrected chi connectivity index (χ3v) is 4.31. The van der Waals surface area contributed by atoms with Crippen molar-refractivity contribution in [1.29, 1.82) is 0 Å². The van der Waals surface area contributed by atoms with Gasteiger partial charge in [-0.1, -0.05) is 32.6 Å². The second-order valence-corrected chi connectivity index (χ2v) is 6.50. The third kappa shape index (κ3) is 9.08. The number of hydrogen-bond donors (Lipinski definition) is 3. The molecule has 5 heteroatoms. The molecule has 5 nitrogen and oxygen atoms in total. The van der Waals surface area contributed by atoms with E-state index in [0.717, 1.165) is 51.4 Å². The number of aliphatic hydroxyl groups excluding tert-OH is 3. The molecule has 0 radical (unpaired) electrons. The summed E-state index contributed by atoms with van der Waals surface area (Å²) in [5, 5.41) is 29.5. The smallest absolute Gasteiger partial charge is 0.330 e. The molecule has 1 heterocycles. The van der Waals surface area contributed by atoms with Crippen LogP contribution in [0, 0.1) is 0 Å². The molecular formula is C18H32O5. The van der Waals surface area contributed by atoms with Gasteiger partial charge in [0, 0.05) is 12.5 Å². The van der Waals surface area contributed by atoms with Gasteiger partial charge < -0.3 is 20.1 Å². The number of ether oxygens (including phenoxy) is 1. The lowest BCUT2D eigenvalue weighted by Gasteiger charge is -2.20. The second-order valence-electron chi connectivity index (χ2n) is 6.50. The molecule has 0 aromatic rings. The predicted molar refractivity (Wildman–Crippen MR) is 88.9 cm³/mol. The highest BCUT2D eigenvalue weighted by Crippen LogP contribution is 2.18. The topological polar surface area (TPSA) is 87.0 Å². The molecule has 0 aromatic heterocycles. The Hall–Kier alpha value is -0.910. The Morgan fingerprint density at radius 3 is 2.61 bits per heavy atom. The van der Waals surface area contributed by atoms with E-state index >= 15 is 0 Å². The fraction of sp³-hybridized carbons (Fsp3) is 0.833. The van der Waals surface area contributed by atoms with Crippen LogP contribution in [0.2, 0.25) is 0 Å². The van der Waals surface area contributed by atoms with Crippen LogP contribution in [0.15, 0.2) is 12.2 Å². The van der Waals surface area contributed by atoms with Gasteiger partial charge in [-0.15, -0.1) is 0 Å². The van der Waals surface area contributed by atoms with Crippen LogP contribution in [-0.2, 0) is 9.53 Å². The first-order valence-electron chi connectivity index (χ1n) is 8.96. The van der Waals surface area contributed by atoms with Crippen molar-refractivity contribution in [3.05, 3.63) is 12.2 Å². The van der Waals surface area contributed by atoms with Crippen molar-refractivity contribution >= 4 is 5.97 Å². The van der Waals surface area contributed by atoms with Gasteiger partial charge in [-0.3, -0.25) is 0 Å². The second kappa shape index (κ2) is 11.6. The van der Waals surface area contributed by atoms with Crippen molar-refractivity contribution < 1.29 is 24.9 Å². The van der Waals surface area contributed by atoms with E-state index < -0.39 is 24.3 Å². The van der Waals surface area contributed by atoms with Crippen LogP contribution < -0.4 is 0 Å². The minimum atomic E-state index is -1.17. The normalized spacial score (nSPS) is 32.8. The molecule has 0 bridgehead atoms. The SMILES string of the molecule is CCCCCC1CCCCC[C@H](O)C[C@H](O)[C@@H](O)/C=C/C(=O)O1. The fourth-order valence-corrected chi connectivity index (χ4v) is 2.86. The van der Waals surface area contributed by atoms with Gasteiger partial charge in [0.15, 0.2) is 0 Å². The van der Waals surface area contributed by atoms with Gasteiger partial charge in [-0.05, 0) is 38.2 Å². The van der Waals surface area contributed by atoms with E-state index in [-0.39, 0.29) is 12.5 Å². The first-order chi connectivity index (χ1) is 11.0. The number of hydrogen-bond acceptors (Lipinski definition) is 5. The molecule has 1 unspecified atom stereocenters. The number of esters is 1. The zero-order chi connectivity index (χ0) is 17.1. The van der Waals surface area contributed by atoms with Gasteiger partial charge in [0.2, 0.25) is 0 Å². The molecule has 3 N–H and O–H groups in total. The summed E-state index contributed by atoms with van der Waals surface area (Å²) in [6.45, 7) is 2.14. The number of cyclic esters (lactones) is 1. The van der Waals surface area contributed by atoms with Gasteiger partial charge in [-0.2, -0.15) is 0 Å².